The van der Waals surface area contributed by atoms with Crippen LogP contribution in [0.3, 0.4) is 0 Å². The normalized spacial score (nSPS) is 9.70. The molecule has 0 aliphatic rings. The predicted molar refractivity (Wildman–Crippen MR) is 74.8 cm³/mol. The average Bonchev–Trinajstić information content (AvgIpc) is 2.96. The van der Waals surface area contributed by atoms with E-state index in [0.29, 0.717) is 23.4 Å². The standard InChI is InChI=1S/C15H15N3O2/c1-11-4-5-14(12(9-11)3-2-7-16)15(19)17-10-13-6-8-20-18-13/h4-6,8-9H,7,10,16H2,1H3,(H,17,19). The number of amides is 1. The minimum Gasteiger partial charge on any atom is -0.364 e. The Kier molecular flexibility index (Phi) is 4.53. The van der Waals surface area contributed by atoms with Gasteiger partial charge >= 0.3 is 0 Å². The summed E-state index contributed by atoms with van der Waals surface area (Å²) in [6.07, 6.45) is 1.46. The van der Waals surface area contributed by atoms with E-state index in [9.17, 15) is 4.79 Å². The van der Waals surface area contributed by atoms with Crippen molar-refractivity contribution in [3.8, 4) is 11.8 Å². The van der Waals surface area contributed by atoms with Crippen LogP contribution in [-0.2, 0) is 6.54 Å². The van der Waals surface area contributed by atoms with Crippen LogP contribution in [0.5, 0.6) is 0 Å². The fraction of sp³-hybridized carbons (Fsp3) is 0.200. The molecule has 0 aliphatic carbocycles. The first kappa shape index (κ1) is 13.8. The molecule has 5 heteroatoms. The number of rotatable bonds is 3. The van der Waals surface area contributed by atoms with Crippen molar-refractivity contribution in [3.63, 3.8) is 0 Å². The van der Waals surface area contributed by atoms with Crippen LogP contribution in [-0.4, -0.2) is 17.6 Å². The predicted octanol–water partition coefficient (Wildman–Crippen LogP) is 1.22. The van der Waals surface area contributed by atoms with Crippen molar-refractivity contribution in [1.29, 1.82) is 0 Å². The molecular formula is C15H15N3O2. The van der Waals surface area contributed by atoms with E-state index < -0.39 is 0 Å². The summed E-state index contributed by atoms with van der Waals surface area (Å²) in [5.74, 6) is 5.49. The van der Waals surface area contributed by atoms with E-state index in [4.69, 9.17) is 10.3 Å². The minimum absolute atomic E-state index is 0.200. The Morgan fingerprint density at radius 3 is 3.00 bits per heavy atom. The van der Waals surface area contributed by atoms with Gasteiger partial charge in [-0.3, -0.25) is 4.79 Å². The zero-order chi connectivity index (χ0) is 14.4. The van der Waals surface area contributed by atoms with Crippen molar-refractivity contribution >= 4 is 5.91 Å². The molecule has 1 amide bonds. The molecule has 0 fully saturated rings. The highest BCUT2D eigenvalue weighted by molar-refractivity contribution is 5.96. The highest BCUT2D eigenvalue weighted by atomic mass is 16.5. The van der Waals surface area contributed by atoms with Gasteiger partial charge in [-0.15, -0.1) is 0 Å². The zero-order valence-electron chi connectivity index (χ0n) is 11.1. The van der Waals surface area contributed by atoms with Crippen LogP contribution in [0.4, 0.5) is 0 Å². The van der Waals surface area contributed by atoms with Gasteiger partial charge in [0.2, 0.25) is 0 Å². The van der Waals surface area contributed by atoms with Crippen molar-refractivity contribution in [2.45, 2.75) is 13.5 Å². The van der Waals surface area contributed by atoms with Gasteiger partial charge in [0.1, 0.15) is 12.0 Å². The minimum atomic E-state index is -0.200. The molecule has 0 spiro atoms. The highest BCUT2D eigenvalue weighted by Gasteiger charge is 2.10. The molecule has 0 aliphatic heterocycles. The molecule has 3 N–H and O–H groups in total. The summed E-state index contributed by atoms with van der Waals surface area (Å²) >= 11 is 0. The Bertz CT molecular complexity index is 651. The van der Waals surface area contributed by atoms with Gasteiger partial charge < -0.3 is 15.6 Å². The first-order chi connectivity index (χ1) is 9.70. The molecule has 5 nitrogen and oxygen atoms in total. The Labute approximate surface area is 117 Å². The lowest BCUT2D eigenvalue weighted by Gasteiger charge is -2.06. The topological polar surface area (TPSA) is 81.2 Å². The summed E-state index contributed by atoms with van der Waals surface area (Å²) in [6, 6.07) is 7.20. The molecule has 0 unspecified atom stereocenters. The van der Waals surface area contributed by atoms with Gasteiger partial charge in [-0.1, -0.05) is 23.1 Å². The number of nitrogens with zero attached hydrogens (tertiary/aromatic N) is 1. The molecule has 0 bridgehead atoms. The second-order valence-corrected chi connectivity index (χ2v) is 4.23. The molecule has 2 aromatic rings. The van der Waals surface area contributed by atoms with Gasteiger partial charge in [0.05, 0.1) is 18.7 Å². The van der Waals surface area contributed by atoms with Gasteiger partial charge in [0, 0.05) is 11.6 Å². The second-order valence-electron chi connectivity index (χ2n) is 4.23. The fourth-order valence-corrected chi connectivity index (χ4v) is 1.70. The van der Waals surface area contributed by atoms with E-state index in [1.807, 2.05) is 19.1 Å². The third-order valence-corrected chi connectivity index (χ3v) is 2.67. The van der Waals surface area contributed by atoms with Gasteiger partial charge in [0.15, 0.2) is 0 Å². The summed E-state index contributed by atoms with van der Waals surface area (Å²) in [6.45, 7) is 2.52. The summed E-state index contributed by atoms with van der Waals surface area (Å²) in [4.78, 5) is 12.2. The lowest BCUT2D eigenvalue weighted by molar-refractivity contribution is 0.0950. The zero-order valence-corrected chi connectivity index (χ0v) is 11.1. The smallest absolute Gasteiger partial charge is 0.252 e. The van der Waals surface area contributed by atoms with Crippen LogP contribution in [0.25, 0.3) is 0 Å². The average molecular weight is 269 g/mol. The number of nitrogens with one attached hydrogen (secondary N) is 1. The maximum absolute atomic E-state index is 12.2. The molecule has 20 heavy (non-hydrogen) atoms. The van der Waals surface area contributed by atoms with E-state index in [0.717, 1.165) is 5.56 Å². The molecule has 1 aromatic carbocycles. The van der Waals surface area contributed by atoms with Crippen LogP contribution in [0.15, 0.2) is 35.1 Å². The summed E-state index contributed by atoms with van der Waals surface area (Å²) in [7, 11) is 0. The van der Waals surface area contributed by atoms with Crippen LogP contribution >= 0.6 is 0 Å². The Morgan fingerprint density at radius 1 is 1.45 bits per heavy atom. The number of carbonyl (C=O) groups is 1. The SMILES string of the molecule is Cc1ccc(C(=O)NCc2ccon2)c(C#CCN)c1. The van der Waals surface area contributed by atoms with Crippen molar-refractivity contribution < 1.29 is 9.32 Å². The van der Waals surface area contributed by atoms with Gasteiger partial charge in [-0.05, 0) is 24.6 Å². The number of carbonyl (C=O) groups excluding carboxylic acids is 1. The van der Waals surface area contributed by atoms with E-state index in [1.165, 1.54) is 6.26 Å². The van der Waals surface area contributed by atoms with Gasteiger partial charge in [-0.25, -0.2) is 0 Å². The quantitative estimate of drug-likeness (QED) is 0.821. The van der Waals surface area contributed by atoms with E-state index in [-0.39, 0.29) is 12.5 Å². The number of hydrogen-bond donors (Lipinski definition) is 2. The molecular weight excluding hydrogens is 254 g/mol. The first-order valence-electron chi connectivity index (χ1n) is 6.17. The lowest BCUT2D eigenvalue weighted by atomic mass is 10.0. The van der Waals surface area contributed by atoms with Crippen LogP contribution in [0.1, 0.15) is 27.2 Å². The van der Waals surface area contributed by atoms with Crippen LogP contribution < -0.4 is 11.1 Å². The second kappa shape index (κ2) is 6.55. The van der Waals surface area contributed by atoms with Crippen molar-refractivity contribution in [3.05, 3.63) is 52.9 Å². The Balaban J connectivity index is 2.16. The summed E-state index contributed by atoms with van der Waals surface area (Å²) in [5, 5.41) is 6.51. The number of hydrogen-bond acceptors (Lipinski definition) is 4. The van der Waals surface area contributed by atoms with Crippen LogP contribution in [0.2, 0.25) is 0 Å². The van der Waals surface area contributed by atoms with Gasteiger partial charge in [-0.2, -0.15) is 0 Å². The monoisotopic (exact) mass is 269 g/mol. The van der Waals surface area contributed by atoms with E-state index in [1.54, 1.807) is 12.1 Å². The largest absolute Gasteiger partial charge is 0.364 e. The third-order valence-electron chi connectivity index (χ3n) is 2.67. The number of aromatic nitrogens is 1. The molecule has 0 saturated carbocycles. The third kappa shape index (κ3) is 3.46. The first-order valence-corrected chi connectivity index (χ1v) is 6.17. The molecule has 1 heterocycles. The maximum atomic E-state index is 12.2. The Hall–Kier alpha value is -2.58. The number of benzene rings is 1. The van der Waals surface area contributed by atoms with E-state index >= 15 is 0 Å². The fourth-order valence-electron chi connectivity index (χ4n) is 1.70. The summed E-state index contributed by atoms with van der Waals surface area (Å²) in [5.41, 5.74) is 8.28. The molecule has 102 valence electrons. The van der Waals surface area contributed by atoms with Crippen LogP contribution in [0, 0.1) is 18.8 Å². The molecule has 0 saturated heterocycles. The molecule has 0 atom stereocenters. The number of aryl methyl sites for hydroxylation is 1. The molecule has 1 aromatic heterocycles. The molecule has 2 rings (SSSR count). The Morgan fingerprint density at radius 2 is 2.30 bits per heavy atom. The van der Waals surface area contributed by atoms with Gasteiger partial charge in [0.25, 0.3) is 5.91 Å². The molecule has 0 radical (unpaired) electrons. The van der Waals surface area contributed by atoms with Crippen molar-refractivity contribution in [2.24, 2.45) is 5.73 Å². The maximum Gasteiger partial charge on any atom is 0.252 e. The van der Waals surface area contributed by atoms with Crippen molar-refractivity contribution in [1.82, 2.24) is 10.5 Å². The van der Waals surface area contributed by atoms with E-state index in [2.05, 4.69) is 22.3 Å². The lowest BCUT2D eigenvalue weighted by Crippen LogP contribution is -2.23. The summed E-state index contributed by atoms with van der Waals surface area (Å²) < 4.78 is 4.71. The number of nitrogens with two attached hydrogens (primary N) is 1. The van der Waals surface area contributed by atoms with Crippen molar-refractivity contribution in [2.75, 3.05) is 6.54 Å². The highest BCUT2D eigenvalue weighted by Crippen LogP contribution is 2.11.